The largest absolute Gasteiger partial charge is 0.493 e. The fourth-order valence-electron chi connectivity index (χ4n) is 2.84. The van der Waals surface area contributed by atoms with Gasteiger partial charge in [-0.05, 0) is 56.2 Å². The summed E-state index contributed by atoms with van der Waals surface area (Å²) in [4.78, 5) is 0. The first kappa shape index (κ1) is 13.9. The predicted molar refractivity (Wildman–Crippen MR) is 75.9 cm³/mol. The Balaban J connectivity index is 1.91. The summed E-state index contributed by atoms with van der Waals surface area (Å²) in [5.41, 5.74) is 7.91. The quantitative estimate of drug-likeness (QED) is 0.902. The zero-order chi connectivity index (χ0) is 13.9. The topological polar surface area (TPSA) is 59.0 Å². The summed E-state index contributed by atoms with van der Waals surface area (Å²) < 4.78 is 5.85. The van der Waals surface area contributed by atoms with Crippen LogP contribution >= 0.6 is 0 Å². The van der Waals surface area contributed by atoms with Gasteiger partial charge in [-0.25, -0.2) is 0 Å². The second-order valence-electron chi connectivity index (χ2n) is 5.58. The molecular formula is C16H22N2O. The smallest absolute Gasteiger partial charge is 0.122 e. The molecule has 1 aromatic carbocycles. The van der Waals surface area contributed by atoms with Crippen LogP contribution in [0.3, 0.4) is 0 Å². The Morgan fingerprint density at radius 2 is 2.26 bits per heavy atom. The molecule has 102 valence electrons. The number of nitrogens with two attached hydrogens (primary N) is 1. The molecule has 0 heterocycles. The fourth-order valence-corrected chi connectivity index (χ4v) is 2.84. The van der Waals surface area contributed by atoms with Crippen molar-refractivity contribution in [2.75, 3.05) is 6.61 Å². The van der Waals surface area contributed by atoms with E-state index in [1.807, 2.05) is 12.1 Å². The van der Waals surface area contributed by atoms with Crippen LogP contribution in [0.25, 0.3) is 0 Å². The third kappa shape index (κ3) is 2.90. The highest BCUT2D eigenvalue weighted by atomic mass is 16.5. The highest BCUT2D eigenvalue weighted by molar-refractivity contribution is 5.38. The summed E-state index contributed by atoms with van der Waals surface area (Å²) in [7, 11) is 0. The van der Waals surface area contributed by atoms with Crippen molar-refractivity contribution in [3.05, 3.63) is 29.3 Å². The SMILES string of the molecule is Cc1cccc(OCCC2CCCC2(N)C#N)c1C. The van der Waals surface area contributed by atoms with E-state index >= 15 is 0 Å². The van der Waals surface area contributed by atoms with Crippen LogP contribution < -0.4 is 10.5 Å². The Kier molecular flexibility index (Phi) is 4.11. The van der Waals surface area contributed by atoms with Gasteiger partial charge in [-0.15, -0.1) is 0 Å². The van der Waals surface area contributed by atoms with Crippen LogP contribution in [0.1, 0.15) is 36.8 Å². The average molecular weight is 258 g/mol. The number of nitriles is 1. The minimum atomic E-state index is -0.634. The van der Waals surface area contributed by atoms with Gasteiger partial charge in [-0.3, -0.25) is 0 Å². The second-order valence-corrected chi connectivity index (χ2v) is 5.58. The van der Waals surface area contributed by atoms with Gasteiger partial charge in [-0.1, -0.05) is 18.6 Å². The van der Waals surface area contributed by atoms with Crippen molar-refractivity contribution in [1.29, 1.82) is 5.26 Å². The zero-order valence-electron chi connectivity index (χ0n) is 11.8. The summed E-state index contributed by atoms with van der Waals surface area (Å²) in [6.07, 6.45) is 3.77. The number of nitrogens with zero attached hydrogens (tertiary/aromatic N) is 1. The number of ether oxygens (including phenoxy) is 1. The maximum absolute atomic E-state index is 9.18. The Morgan fingerprint density at radius 3 is 3.00 bits per heavy atom. The van der Waals surface area contributed by atoms with Crippen LogP contribution in [0.15, 0.2) is 18.2 Å². The maximum Gasteiger partial charge on any atom is 0.122 e. The molecule has 3 nitrogen and oxygen atoms in total. The summed E-state index contributed by atoms with van der Waals surface area (Å²) in [5, 5.41) is 9.18. The van der Waals surface area contributed by atoms with Gasteiger partial charge < -0.3 is 10.5 Å². The van der Waals surface area contributed by atoms with Gasteiger partial charge in [0.05, 0.1) is 12.7 Å². The van der Waals surface area contributed by atoms with Gasteiger partial charge in [-0.2, -0.15) is 5.26 Å². The Morgan fingerprint density at radius 1 is 1.47 bits per heavy atom. The number of benzene rings is 1. The molecule has 0 aromatic heterocycles. The van der Waals surface area contributed by atoms with E-state index in [9.17, 15) is 5.26 Å². The molecule has 0 spiro atoms. The normalized spacial score (nSPS) is 26.1. The van der Waals surface area contributed by atoms with E-state index < -0.39 is 5.54 Å². The lowest BCUT2D eigenvalue weighted by molar-refractivity contribution is 0.253. The van der Waals surface area contributed by atoms with E-state index in [0.717, 1.165) is 31.4 Å². The summed E-state index contributed by atoms with van der Waals surface area (Å²) in [6, 6.07) is 8.37. The molecule has 2 rings (SSSR count). The molecule has 0 aliphatic heterocycles. The van der Waals surface area contributed by atoms with Gasteiger partial charge >= 0.3 is 0 Å². The van der Waals surface area contributed by atoms with E-state index in [-0.39, 0.29) is 5.92 Å². The molecule has 1 fully saturated rings. The van der Waals surface area contributed by atoms with E-state index in [1.54, 1.807) is 0 Å². The molecule has 1 saturated carbocycles. The lowest BCUT2D eigenvalue weighted by Gasteiger charge is -2.23. The van der Waals surface area contributed by atoms with Crippen molar-refractivity contribution in [3.63, 3.8) is 0 Å². The van der Waals surface area contributed by atoms with Gasteiger partial charge in [0.1, 0.15) is 11.3 Å². The van der Waals surface area contributed by atoms with Crippen molar-refractivity contribution in [2.45, 2.75) is 45.1 Å². The van der Waals surface area contributed by atoms with Crippen molar-refractivity contribution < 1.29 is 4.74 Å². The van der Waals surface area contributed by atoms with Crippen LogP contribution in [0.4, 0.5) is 0 Å². The average Bonchev–Trinajstić information content (AvgIpc) is 2.77. The molecule has 2 unspecified atom stereocenters. The zero-order valence-corrected chi connectivity index (χ0v) is 11.8. The summed E-state index contributed by atoms with van der Waals surface area (Å²) in [6.45, 7) is 4.79. The minimum Gasteiger partial charge on any atom is -0.493 e. The third-order valence-electron chi connectivity index (χ3n) is 4.36. The number of hydrogen-bond acceptors (Lipinski definition) is 3. The highest BCUT2D eigenvalue weighted by Crippen LogP contribution is 2.35. The van der Waals surface area contributed by atoms with E-state index in [0.29, 0.717) is 6.61 Å². The molecule has 1 aromatic rings. The van der Waals surface area contributed by atoms with E-state index in [2.05, 4.69) is 26.0 Å². The van der Waals surface area contributed by atoms with Crippen LogP contribution in [-0.4, -0.2) is 12.1 Å². The van der Waals surface area contributed by atoms with E-state index in [1.165, 1.54) is 11.1 Å². The molecule has 3 heteroatoms. The minimum absolute atomic E-state index is 0.266. The lowest BCUT2D eigenvalue weighted by Crippen LogP contribution is -2.42. The van der Waals surface area contributed by atoms with Crippen molar-refractivity contribution >= 4 is 0 Å². The molecule has 2 N–H and O–H groups in total. The molecule has 1 aliphatic carbocycles. The first-order valence-electron chi connectivity index (χ1n) is 6.96. The Bertz CT molecular complexity index is 492. The second kappa shape index (κ2) is 5.63. The van der Waals surface area contributed by atoms with Crippen LogP contribution in [0.2, 0.25) is 0 Å². The summed E-state index contributed by atoms with van der Waals surface area (Å²) >= 11 is 0. The lowest BCUT2D eigenvalue weighted by atomic mass is 9.87. The van der Waals surface area contributed by atoms with Crippen LogP contribution in [-0.2, 0) is 0 Å². The number of rotatable bonds is 4. The fraction of sp³-hybridized carbons (Fsp3) is 0.562. The molecule has 0 radical (unpaired) electrons. The molecule has 19 heavy (non-hydrogen) atoms. The molecular weight excluding hydrogens is 236 g/mol. The standard InChI is InChI=1S/C16H22N2O/c1-12-5-3-7-15(13(12)2)19-10-8-14-6-4-9-16(14,18)11-17/h3,5,7,14H,4,6,8-10,18H2,1-2H3. The molecule has 0 saturated heterocycles. The molecule has 1 aliphatic rings. The van der Waals surface area contributed by atoms with Gasteiger partial charge in [0.25, 0.3) is 0 Å². The van der Waals surface area contributed by atoms with Crippen molar-refractivity contribution in [3.8, 4) is 11.8 Å². The Hall–Kier alpha value is -1.53. The van der Waals surface area contributed by atoms with Gasteiger partial charge in [0.15, 0.2) is 0 Å². The van der Waals surface area contributed by atoms with Gasteiger partial charge in [0, 0.05) is 0 Å². The van der Waals surface area contributed by atoms with Crippen molar-refractivity contribution in [2.24, 2.45) is 11.7 Å². The summed E-state index contributed by atoms with van der Waals surface area (Å²) in [5.74, 6) is 1.21. The third-order valence-corrected chi connectivity index (χ3v) is 4.36. The van der Waals surface area contributed by atoms with E-state index in [4.69, 9.17) is 10.5 Å². The molecule has 0 bridgehead atoms. The monoisotopic (exact) mass is 258 g/mol. The number of hydrogen-bond donors (Lipinski definition) is 1. The molecule has 0 amide bonds. The predicted octanol–water partition coefficient (Wildman–Crippen LogP) is 3.09. The van der Waals surface area contributed by atoms with Gasteiger partial charge in [0.2, 0.25) is 0 Å². The van der Waals surface area contributed by atoms with Crippen molar-refractivity contribution in [1.82, 2.24) is 0 Å². The molecule has 2 atom stereocenters. The Labute approximate surface area is 115 Å². The highest BCUT2D eigenvalue weighted by Gasteiger charge is 2.39. The maximum atomic E-state index is 9.18. The first-order chi connectivity index (χ1) is 9.07. The van der Waals surface area contributed by atoms with Crippen LogP contribution in [0, 0.1) is 31.1 Å². The van der Waals surface area contributed by atoms with Crippen LogP contribution in [0.5, 0.6) is 5.75 Å². The number of aryl methyl sites for hydroxylation is 1. The first-order valence-corrected chi connectivity index (χ1v) is 6.96.